The molecule has 2 aromatic rings. The number of nitrogens with zero attached hydrogens (tertiary/aromatic N) is 1. The highest BCUT2D eigenvalue weighted by Gasteiger charge is 2.07. The second-order valence-electron chi connectivity index (χ2n) is 5.45. The number of morpholine rings is 1. The highest BCUT2D eigenvalue weighted by molar-refractivity contribution is 6.30. The lowest BCUT2D eigenvalue weighted by Gasteiger charge is -2.25. The first-order chi connectivity index (χ1) is 11.3. The van der Waals surface area contributed by atoms with Crippen molar-refractivity contribution in [3.63, 3.8) is 0 Å². The van der Waals surface area contributed by atoms with Crippen molar-refractivity contribution in [3.8, 4) is 0 Å². The van der Waals surface area contributed by atoms with Crippen molar-refractivity contribution in [2.24, 2.45) is 0 Å². The summed E-state index contributed by atoms with van der Waals surface area (Å²) in [5, 5.41) is 4.02. The van der Waals surface area contributed by atoms with Crippen molar-refractivity contribution in [2.45, 2.75) is 0 Å². The molecule has 3 rings (SSSR count). The summed E-state index contributed by atoms with van der Waals surface area (Å²) >= 11 is 6.00. The highest BCUT2D eigenvalue weighted by Crippen LogP contribution is 2.23. The number of rotatable bonds is 5. The second kappa shape index (κ2) is 8.16. The first kappa shape index (κ1) is 16.1. The van der Waals surface area contributed by atoms with Crippen LogP contribution in [0.3, 0.4) is 0 Å². The number of halogens is 1. The van der Waals surface area contributed by atoms with Crippen molar-refractivity contribution in [1.82, 2.24) is 4.90 Å². The number of para-hydroxylation sites is 1. The average molecular weight is 328 g/mol. The summed E-state index contributed by atoms with van der Waals surface area (Å²) < 4.78 is 5.37. The lowest BCUT2D eigenvalue weighted by atomic mass is 10.1. The van der Waals surface area contributed by atoms with Crippen LogP contribution in [0.25, 0.3) is 6.08 Å². The van der Waals surface area contributed by atoms with Gasteiger partial charge in [0.15, 0.2) is 0 Å². The van der Waals surface area contributed by atoms with E-state index in [1.165, 1.54) is 0 Å². The van der Waals surface area contributed by atoms with Crippen LogP contribution in [0, 0.1) is 6.07 Å². The molecule has 0 amide bonds. The fraction of sp³-hybridized carbons (Fsp3) is 0.263. The number of anilines is 2. The van der Waals surface area contributed by atoms with Gasteiger partial charge >= 0.3 is 0 Å². The largest absolute Gasteiger partial charge is 0.379 e. The summed E-state index contributed by atoms with van der Waals surface area (Å²) in [4.78, 5) is 2.39. The van der Waals surface area contributed by atoms with Gasteiger partial charge in [0.1, 0.15) is 0 Å². The van der Waals surface area contributed by atoms with Crippen LogP contribution in [0.2, 0.25) is 5.02 Å². The molecular weight excluding hydrogens is 308 g/mol. The van der Waals surface area contributed by atoms with E-state index in [2.05, 4.69) is 40.6 Å². The van der Waals surface area contributed by atoms with E-state index < -0.39 is 0 Å². The predicted molar refractivity (Wildman–Crippen MR) is 96.3 cm³/mol. The minimum atomic E-state index is 0.607. The Balaban J connectivity index is 1.67. The van der Waals surface area contributed by atoms with Gasteiger partial charge in [-0.3, -0.25) is 4.90 Å². The maximum atomic E-state index is 6.00. The van der Waals surface area contributed by atoms with Crippen LogP contribution in [0.4, 0.5) is 11.4 Å². The average Bonchev–Trinajstić information content (AvgIpc) is 2.57. The van der Waals surface area contributed by atoms with Crippen molar-refractivity contribution >= 4 is 29.1 Å². The van der Waals surface area contributed by atoms with Gasteiger partial charge in [0, 0.05) is 37.1 Å². The Kier molecular flexibility index (Phi) is 5.70. The van der Waals surface area contributed by atoms with Crippen LogP contribution in [0.1, 0.15) is 5.56 Å². The molecule has 4 heteroatoms. The Morgan fingerprint density at radius 3 is 2.87 bits per heavy atom. The van der Waals surface area contributed by atoms with Crippen LogP contribution < -0.4 is 5.32 Å². The van der Waals surface area contributed by atoms with Crippen molar-refractivity contribution in [1.29, 1.82) is 0 Å². The topological polar surface area (TPSA) is 24.5 Å². The van der Waals surface area contributed by atoms with Gasteiger partial charge < -0.3 is 10.1 Å². The Labute approximate surface area is 142 Å². The molecule has 0 saturated carbocycles. The van der Waals surface area contributed by atoms with E-state index in [-0.39, 0.29) is 0 Å². The molecule has 0 aromatic heterocycles. The summed E-state index contributed by atoms with van der Waals surface area (Å²) in [7, 11) is 0. The molecule has 3 nitrogen and oxygen atoms in total. The molecule has 1 heterocycles. The molecule has 119 valence electrons. The summed E-state index contributed by atoms with van der Waals surface area (Å²) in [6, 6.07) is 16.8. The van der Waals surface area contributed by atoms with Crippen LogP contribution in [0.15, 0.2) is 48.5 Å². The van der Waals surface area contributed by atoms with Gasteiger partial charge in [0.2, 0.25) is 0 Å². The molecule has 2 aromatic carbocycles. The molecule has 1 N–H and O–H groups in total. The van der Waals surface area contributed by atoms with Gasteiger partial charge in [0.25, 0.3) is 0 Å². The van der Waals surface area contributed by atoms with Crippen molar-refractivity contribution in [2.75, 3.05) is 38.2 Å². The Morgan fingerprint density at radius 1 is 1.22 bits per heavy atom. The summed E-state index contributed by atoms with van der Waals surface area (Å²) in [6.45, 7) is 4.62. The van der Waals surface area contributed by atoms with E-state index in [9.17, 15) is 0 Å². The van der Waals surface area contributed by atoms with Gasteiger partial charge in [-0.2, -0.15) is 0 Å². The number of nitrogens with one attached hydrogen (secondary N) is 1. The summed E-state index contributed by atoms with van der Waals surface area (Å²) in [5.74, 6) is 0. The van der Waals surface area contributed by atoms with E-state index in [1.54, 1.807) is 0 Å². The molecule has 0 atom stereocenters. The molecule has 0 aliphatic carbocycles. The smallest absolute Gasteiger partial charge is 0.0594 e. The Bertz CT molecular complexity index is 666. The third-order valence-corrected chi connectivity index (χ3v) is 3.99. The second-order valence-corrected chi connectivity index (χ2v) is 5.86. The predicted octanol–water partition coefficient (Wildman–Crippen LogP) is 4.23. The summed E-state index contributed by atoms with van der Waals surface area (Å²) in [6.07, 6.45) is 4.37. The molecular formula is C19H20ClN2O. The number of hydrogen-bond donors (Lipinski definition) is 1. The number of hydrogen-bond acceptors (Lipinski definition) is 3. The molecule has 0 unspecified atom stereocenters. The first-order valence-corrected chi connectivity index (χ1v) is 8.19. The van der Waals surface area contributed by atoms with Crippen LogP contribution in [-0.2, 0) is 4.74 Å². The third kappa shape index (κ3) is 4.83. The van der Waals surface area contributed by atoms with Gasteiger partial charge in [-0.05, 0) is 23.8 Å². The van der Waals surface area contributed by atoms with Gasteiger partial charge in [-0.15, -0.1) is 0 Å². The van der Waals surface area contributed by atoms with Crippen molar-refractivity contribution in [3.05, 3.63) is 65.2 Å². The monoisotopic (exact) mass is 327 g/mol. The molecule has 1 aliphatic rings. The standard InChI is InChI=1S/C19H20ClN2O/c20-17-7-3-8-18(15-17)21-19-9-2-1-5-16(19)6-4-10-22-11-13-23-14-12-22/h1-6,8-9,15,21H,10-14H2/b6-4+. The van der Waals surface area contributed by atoms with E-state index >= 15 is 0 Å². The maximum absolute atomic E-state index is 6.00. The van der Waals surface area contributed by atoms with E-state index in [0.29, 0.717) is 5.02 Å². The molecule has 1 saturated heterocycles. The first-order valence-electron chi connectivity index (χ1n) is 7.81. The zero-order valence-corrected chi connectivity index (χ0v) is 13.7. The van der Waals surface area contributed by atoms with Gasteiger partial charge in [-0.1, -0.05) is 48.0 Å². The van der Waals surface area contributed by atoms with Gasteiger partial charge in [-0.25, -0.2) is 0 Å². The molecule has 1 radical (unpaired) electrons. The van der Waals surface area contributed by atoms with E-state index in [4.69, 9.17) is 16.3 Å². The van der Waals surface area contributed by atoms with Crippen LogP contribution in [-0.4, -0.2) is 37.7 Å². The fourth-order valence-corrected chi connectivity index (χ4v) is 2.72. The third-order valence-electron chi connectivity index (χ3n) is 3.77. The lowest BCUT2D eigenvalue weighted by Crippen LogP contribution is -2.36. The normalized spacial score (nSPS) is 15.9. The quantitative estimate of drug-likeness (QED) is 0.889. The maximum Gasteiger partial charge on any atom is 0.0594 e. The Hall–Kier alpha value is -1.81. The van der Waals surface area contributed by atoms with Crippen molar-refractivity contribution < 1.29 is 4.74 Å². The fourth-order valence-electron chi connectivity index (χ4n) is 2.54. The molecule has 1 aliphatic heterocycles. The molecule has 0 bridgehead atoms. The van der Waals surface area contributed by atoms with Crippen LogP contribution >= 0.6 is 11.6 Å². The molecule has 1 fully saturated rings. The highest BCUT2D eigenvalue weighted by atomic mass is 35.5. The zero-order chi connectivity index (χ0) is 15.9. The minimum absolute atomic E-state index is 0.607. The molecule has 23 heavy (non-hydrogen) atoms. The zero-order valence-electron chi connectivity index (χ0n) is 13.0. The molecule has 0 spiro atoms. The van der Waals surface area contributed by atoms with E-state index in [1.807, 2.05) is 30.3 Å². The lowest BCUT2D eigenvalue weighted by molar-refractivity contribution is 0.0435. The minimum Gasteiger partial charge on any atom is -0.379 e. The number of ether oxygens (including phenoxy) is 1. The van der Waals surface area contributed by atoms with Crippen LogP contribution in [0.5, 0.6) is 0 Å². The van der Waals surface area contributed by atoms with E-state index in [0.717, 1.165) is 49.8 Å². The number of benzene rings is 2. The Morgan fingerprint density at radius 2 is 2.04 bits per heavy atom. The summed E-state index contributed by atoms with van der Waals surface area (Å²) in [5.41, 5.74) is 3.18. The van der Waals surface area contributed by atoms with Gasteiger partial charge in [0.05, 0.1) is 18.2 Å². The SMILES string of the molecule is Clc1[c]ccc(Nc2ccccc2/C=C/CN2CCOCC2)c1.